The van der Waals surface area contributed by atoms with Crippen LogP contribution in [0.3, 0.4) is 0 Å². The van der Waals surface area contributed by atoms with Gasteiger partial charge < -0.3 is 5.73 Å². The number of halogens is 1. The largest absolute Gasteiger partial charge is 0.329 e. The number of unbranched alkanes of at least 4 members (excludes halogenated alkanes) is 2. The Hall–Kier alpha value is -0.930. The van der Waals surface area contributed by atoms with E-state index in [9.17, 15) is 4.39 Å². The fraction of sp³-hybridized carbons (Fsp3) is 0.600. The van der Waals surface area contributed by atoms with Gasteiger partial charge in [-0.25, -0.2) is 4.39 Å². The average Bonchev–Trinajstić information content (AvgIpc) is 2.34. The number of hydrogen-bond donors (Lipinski definition) is 1. The van der Waals surface area contributed by atoms with E-state index < -0.39 is 0 Å². The van der Waals surface area contributed by atoms with Crippen LogP contribution in [0.2, 0.25) is 0 Å². The zero-order valence-electron chi connectivity index (χ0n) is 11.5. The first-order valence-electron chi connectivity index (χ1n) is 6.82. The first-order valence-corrected chi connectivity index (χ1v) is 6.82. The van der Waals surface area contributed by atoms with E-state index >= 15 is 0 Å². The van der Waals surface area contributed by atoms with E-state index in [1.54, 1.807) is 12.1 Å². The Morgan fingerprint density at radius 3 is 2.72 bits per heavy atom. The lowest BCUT2D eigenvalue weighted by atomic mass is 10.1. The Labute approximate surface area is 110 Å². The molecule has 0 aliphatic rings. The van der Waals surface area contributed by atoms with Gasteiger partial charge in [-0.05, 0) is 31.2 Å². The standard InChI is InChI=1S/C15H25FN2/c1-3-4-5-9-15(11-17)18(2)12-13-7-6-8-14(16)10-13/h6-8,10,15H,3-5,9,11-12,17H2,1-2H3. The molecule has 0 saturated carbocycles. The third-order valence-electron chi connectivity index (χ3n) is 3.36. The zero-order chi connectivity index (χ0) is 13.4. The van der Waals surface area contributed by atoms with Crippen LogP contribution in [0, 0.1) is 5.82 Å². The van der Waals surface area contributed by atoms with E-state index in [2.05, 4.69) is 18.9 Å². The van der Waals surface area contributed by atoms with E-state index in [1.807, 2.05) is 6.07 Å². The van der Waals surface area contributed by atoms with Gasteiger partial charge >= 0.3 is 0 Å². The summed E-state index contributed by atoms with van der Waals surface area (Å²) in [7, 11) is 2.06. The molecule has 1 unspecified atom stereocenters. The zero-order valence-corrected chi connectivity index (χ0v) is 11.5. The topological polar surface area (TPSA) is 29.3 Å². The number of nitrogens with two attached hydrogens (primary N) is 1. The van der Waals surface area contributed by atoms with Crippen molar-refractivity contribution >= 4 is 0 Å². The summed E-state index contributed by atoms with van der Waals surface area (Å²) in [5, 5.41) is 0. The molecule has 0 spiro atoms. The molecule has 1 aromatic carbocycles. The third kappa shape index (κ3) is 5.15. The second-order valence-electron chi connectivity index (χ2n) is 4.93. The molecule has 0 radical (unpaired) electrons. The van der Waals surface area contributed by atoms with Gasteiger partial charge in [-0.2, -0.15) is 0 Å². The molecule has 3 heteroatoms. The number of likely N-dealkylation sites (N-methyl/N-ethyl adjacent to an activating group) is 1. The average molecular weight is 252 g/mol. The molecule has 1 atom stereocenters. The third-order valence-corrected chi connectivity index (χ3v) is 3.36. The summed E-state index contributed by atoms with van der Waals surface area (Å²) in [4.78, 5) is 2.23. The van der Waals surface area contributed by atoms with Crippen molar-refractivity contribution in [2.45, 2.75) is 45.2 Å². The van der Waals surface area contributed by atoms with Crippen LogP contribution in [0.25, 0.3) is 0 Å². The summed E-state index contributed by atoms with van der Waals surface area (Å²) in [6, 6.07) is 7.17. The highest BCUT2D eigenvalue weighted by atomic mass is 19.1. The molecular formula is C15H25FN2. The fourth-order valence-electron chi connectivity index (χ4n) is 2.20. The van der Waals surface area contributed by atoms with Gasteiger partial charge in [0.15, 0.2) is 0 Å². The van der Waals surface area contributed by atoms with Crippen molar-refractivity contribution in [3.63, 3.8) is 0 Å². The molecular weight excluding hydrogens is 227 g/mol. The minimum absolute atomic E-state index is 0.170. The molecule has 1 rings (SSSR count). The van der Waals surface area contributed by atoms with Gasteiger partial charge in [0.2, 0.25) is 0 Å². The van der Waals surface area contributed by atoms with Gasteiger partial charge in [0.25, 0.3) is 0 Å². The molecule has 102 valence electrons. The van der Waals surface area contributed by atoms with Gasteiger partial charge in [-0.1, -0.05) is 38.3 Å². The summed E-state index contributed by atoms with van der Waals surface area (Å²) in [5.41, 5.74) is 6.83. The molecule has 1 aromatic rings. The molecule has 18 heavy (non-hydrogen) atoms. The van der Waals surface area contributed by atoms with Crippen molar-refractivity contribution in [2.75, 3.05) is 13.6 Å². The van der Waals surface area contributed by atoms with E-state index in [0.29, 0.717) is 12.6 Å². The van der Waals surface area contributed by atoms with Gasteiger partial charge in [-0.15, -0.1) is 0 Å². The van der Waals surface area contributed by atoms with Crippen LogP contribution in [-0.4, -0.2) is 24.5 Å². The van der Waals surface area contributed by atoms with Gasteiger partial charge in [0, 0.05) is 19.1 Å². The molecule has 0 saturated heterocycles. The second-order valence-corrected chi connectivity index (χ2v) is 4.93. The van der Waals surface area contributed by atoms with Crippen molar-refractivity contribution < 1.29 is 4.39 Å². The minimum atomic E-state index is -0.170. The molecule has 0 amide bonds. The van der Waals surface area contributed by atoms with E-state index in [1.165, 1.54) is 25.3 Å². The minimum Gasteiger partial charge on any atom is -0.329 e. The highest BCUT2D eigenvalue weighted by molar-refractivity contribution is 5.16. The van der Waals surface area contributed by atoms with Gasteiger partial charge in [-0.3, -0.25) is 4.90 Å². The summed E-state index contributed by atoms with van der Waals surface area (Å²) in [6.07, 6.45) is 4.82. The number of rotatable bonds is 8. The van der Waals surface area contributed by atoms with Crippen LogP contribution in [0.5, 0.6) is 0 Å². The second kappa shape index (κ2) is 8.22. The maximum atomic E-state index is 13.1. The Morgan fingerprint density at radius 2 is 2.11 bits per heavy atom. The van der Waals surface area contributed by atoms with Crippen LogP contribution in [0.15, 0.2) is 24.3 Å². The molecule has 0 fully saturated rings. The molecule has 0 heterocycles. The van der Waals surface area contributed by atoms with Crippen molar-refractivity contribution in [2.24, 2.45) is 5.73 Å². The predicted molar refractivity (Wildman–Crippen MR) is 74.9 cm³/mol. The number of benzene rings is 1. The van der Waals surface area contributed by atoms with E-state index in [-0.39, 0.29) is 5.82 Å². The van der Waals surface area contributed by atoms with E-state index in [0.717, 1.165) is 18.5 Å². The van der Waals surface area contributed by atoms with Gasteiger partial charge in [0.05, 0.1) is 0 Å². The molecule has 2 nitrogen and oxygen atoms in total. The Bertz CT molecular complexity index is 341. The maximum absolute atomic E-state index is 13.1. The maximum Gasteiger partial charge on any atom is 0.123 e. The fourth-order valence-corrected chi connectivity index (χ4v) is 2.20. The monoisotopic (exact) mass is 252 g/mol. The lowest BCUT2D eigenvalue weighted by molar-refractivity contribution is 0.222. The van der Waals surface area contributed by atoms with Crippen molar-refractivity contribution in [3.05, 3.63) is 35.6 Å². The summed E-state index contributed by atoms with van der Waals surface area (Å²) in [5.74, 6) is -0.170. The smallest absolute Gasteiger partial charge is 0.123 e. The first-order chi connectivity index (χ1) is 8.67. The van der Waals surface area contributed by atoms with Crippen molar-refractivity contribution in [1.82, 2.24) is 4.90 Å². The van der Waals surface area contributed by atoms with Crippen LogP contribution in [0.1, 0.15) is 38.2 Å². The lowest BCUT2D eigenvalue weighted by Gasteiger charge is -2.27. The number of nitrogens with zero attached hydrogens (tertiary/aromatic N) is 1. The summed E-state index contributed by atoms with van der Waals surface area (Å²) < 4.78 is 13.1. The van der Waals surface area contributed by atoms with Gasteiger partial charge in [0.1, 0.15) is 5.82 Å². The predicted octanol–water partition coefficient (Wildman–Crippen LogP) is 3.17. The van der Waals surface area contributed by atoms with E-state index in [4.69, 9.17) is 5.73 Å². The Kier molecular flexibility index (Phi) is 6.91. The molecule has 2 N–H and O–H groups in total. The molecule has 0 bridgehead atoms. The molecule has 0 aliphatic carbocycles. The lowest BCUT2D eigenvalue weighted by Crippen LogP contribution is -2.37. The van der Waals surface area contributed by atoms with Crippen molar-refractivity contribution in [1.29, 1.82) is 0 Å². The highest BCUT2D eigenvalue weighted by Gasteiger charge is 2.12. The summed E-state index contributed by atoms with van der Waals surface area (Å²) >= 11 is 0. The summed E-state index contributed by atoms with van der Waals surface area (Å²) in [6.45, 7) is 3.62. The SMILES string of the molecule is CCCCCC(CN)N(C)Cc1cccc(F)c1. The van der Waals surface area contributed by atoms with Crippen LogP contribution >= 0.6 is 0 Å². The normalized spacial score (nSPS) is 12.9. The Morgan fingerprint density at radius 1 is 1.33 bits per heavy atom. The van der Waals surface area contributed by atoms with Crippen LogP contribution in [-0.2, 0) is 6.54 Å². The number of hydrogen-bond acceptors (Lipinski definition) is 2. The first kappa shape index (κ1) is 15.1. The quantitative estimate of drug-likeness (QED) is 0.720. The molecule has 0 aromatic heterocycles. The van der Waals surface area contributed by atoms with Crippen molar-refractivity contribution in [3.8, 4) is 0 Å². The van der Waals surface area contributed by atoms with Crippen LogP contribution in [0.4, 0.5) is 4.39 Å². The highest BCUT2D eigenvalue weighted by Crippen LogP contribution is 2.12. The Balaban J connectivity index is 2.48. The van der Waals surface area contributed by atoms with Crippen LogP contribution < -0.4 is 5.73 Å². The molecule has 0 aliphatic heterocycles.